The third-order valence-electron chi connectivity index (χ3n) is 3.46. The number of ether oxygens (including phenoxy) is 1. The van der Waals surface area contributed by atoms with Crippen molar-refractivity contribution < 1.29 is 9.13 Å². The molecule has 0 spiro atoms. The molecule has 1 aromatic heterocycles. The molecule has 0 aliphatic rings. The summed E-state index contributed by atoms with van der Waals surface area (Å²) in [6.07, 6.45) is 0.598. The average molecular weight is 391 g/mol. The molecule has 0 aliphatic heterocycles. The van der Waals surface area contributed by atoms with Gasteiger partial charge in [0.05, 0.1) is 6.61 Å². The summed E-state index contributed by atoms with van der Waals surface area (Å²) in [6, 6.07) is 17.3. The van der Waals surface area contributed by atoms with E-state index >= 15 is 0 Å². The lowest BCUT2D eigenvalue weighted by molar-refractivity contribution is 0.340. The van der Waals surface area contributed by atoms with E-state index in [1.165, 1.54) is 6.07 Å². The van der Waals surface area contributed by atoms with Crippen LogP contribution in [-0.2, 0) is 6.42 Å². The minimum Gasteiger partial charge on any atom is -0.494 e. The second-order valence-corrected chi connectivity index (χ2v) is 7.22. The maximum atomic E-state index is 13.9. The van der Waals surface area contributed by atoms with Gasteiger partial charge in [-0.15, -0.1) is 11.3 Å². The summed E-state index contributed by atoms with van der Waals surface area (Å²) < 4.78 is 20.3. The van der Waals surface area contributed by atoms with Crippen LogP contribution in [0.2, 0.25) is 0 Å². The molecular weight excluding hydrogens is 375 g/mol. The minimum absolute atomic E-state index is 0.165. The van der Waals surface area contributed by atoms with Crippen molar-refractivity contribution >= 4 is 27.3 Å². The standard InChI is InChI=1S/C19H16BrFOS/c1-2-22-16-5-3-4-13(11-16)19-9-7-17(23-19)12-14-10-15(20)6-8-18(14)21/h3-11H,2,12H2,1H3. The Balaban J connectivity index is 1.83. The van der Waals surface area contributed by atoms with Gasteiger partial charge in [-0.1, -0.05) is 28.1 Å². The van der Waals surface area contributed by atoms with Crippen LogP contribution in [0.3, 0.4) is 0 Å². The van der Waals surface area contributed by atoms with Gasteiger partial charge in [0.2, 0.25) is 0 Å². The number of thiophene rings is 1. The molecule has 0 saturated carbocycles. The highest BCUT2D eigenvalue weighted by Crippen LogP contribution is 2.32. The van der Waals surface area contributed by atoms with E-state index in [4.69, 9.17) is 4.74 Å². The van der Waals surface area contributed by atoms with Crippen LogP contribution in [0.15, 0.2) is 59.1 Å². The number of benzene rings is 2. The average Bonchev–Trinajstić information content (AvgIpc) is 3.00. The third-order valence-corrected chi connectivity index (χ3v) is 5.09. The SMILES string of the molecule is CCOc1cccc(-c2ccc(Cc3cc(Br)ccc3F)s2)c1. The zero-order valence-corrected chi connectivity index (χ0v) is 15.1. The number of hydrogen-bond donors (Lipinski definition) is 0. The number of hydrogen-bond acceptors (Lipinski definition) is 2. The van der Waals surface area contributed by atoms with Crippen molar-refractivity contribution in [1.29, 1.82) is 0 Å². The largest absolute Gasteiger partial charge is 0.494 e. The fourth-order valence-corrected chi connectivity index (χ4v) is 3.84. The third kappa shape index (κ3) is 4.01. The van der Waals surface area contributed by atoms with Gasteiger partial charge in [0, 0.05) is 20.6 Å². The fraction of sp³-hybridized carbons (Fsp3) is 0.158. The summed E-state index contributed by atoms with van der Waals surface area (Å²) in [4.78, 5) is 2.30. The van der Waals surface area contributed by atoms with E-state index in [2.05, 4.69) is 34.1 Å². The van der Waals surface area contributed by atoms with E-state index in [1.54, 1.807) is 17.4 Å². The Bertz CT molecular complexity index is 813. The predicted molar refractivity (Wildman–Crippen MR) is 97.8 cm³/mol. The van der Waals surface area contributed by atoms with E-state index < -0.39 is 0 Å². The number of halogens is 2. The van der Waals surface area contributed by atoms with Crippen LogP contribution in [0.4, 0.5) is 4.39 Å². The lowest BCUT2D eigenvalue weighted by Crippen LogP contribution is -1.90. The lowest BCUT2D eigenvalue weighted by atomic mass is 10.1. The molecule has 0 unspecified atom stereocenters. The summed E-state index contributed by atoms with van der Waals surface area (Å²) in [7, 11) is 0. The van der Waals surface area contributed by atoms with Gasteiger partial charge in [-0.05, 0) is 60.5 Å². The molecule has 0 atom stereocenters. The van der Waals surface area contributed by atoms with Crippen LogP contribution in [0, 0.1) is 5.82 Å². The molecule has 1 heterocycles. The van der Waals surface area contributed by atoms with Crippen LogP contribution >= 0.6 is 27.3 Å². The quantitative estimate of drug-likeness (QED) is 0.496. The van der Waals surface area contributed by atoms with Crippen LogP contribution < -0.4 is 4.74 Å². The topological polar surface area (TPSA) is 9.23 Å². The van der Waals surface area contributed by atoms with Gasteiger partial charge < -0.3 is 4.74 Å². The highest BCUT2D eigenvalue weighted by Gasteiger charge is 2.08. The van der Waals surface area contributed by atoms with E-state index in [0.29, 0.717) is 18.6 Å². The molecule has 3 aromatic rings. The summed E-state index contributed by atoms with van der Waals surface area (Å²) in [6.45, 7) is 2.63. The van der Waals surface area contributed by atoms with E-state index in [1.807, 2.05) is 31.2 Å². The van der Waals surface area contributed by atoms with Gasteiger partial charge in [-0.3, -0.25) is 0 Å². The molecule has 3 rings (SSSR count). The molecule has 0 fully saturated rings. The smallest absolute Gasteiger partial charge is 0.126 e. The molecule has 0 saturated heterocycles. The Labute approximate surface area is 147 Å². The minimum atomic E-state index is -0.165. The molecule has 2 aromatic carbocycles. The molecule has 1 nitrogen and oxygen atoms in total. The van der Waals surface area contributed by atoms with E-state index in [-0.39, 0.29) is 5.82 Å². The normalized spacial score (nSPS) is 10.7. The first-order chi connectivity index (χ1) is 11.2. The Morgan fingerprint density at radius 3 is 2.78 bits per heavy atom. The zero-order valence-electron chi connectivity index (χ0n) is 12.7. The zero-order chi connectivity index (χ0) is 16.2. The Hall–Kier alpha value is -1.65. The maximum absolute atomic E-state index is 13.9. The van der Waals surface area contributed by atoms with E-state index in [0.717, 1.165) is 25.5 Å². The predicted octanol–water partition coefficient (Wildman–Crippen LogP) is 6.31. The maximum Gasteiger partial charge on any atom is 0.126 e. The van der Waals surface area contributed by atoms with Crippen molar-refractivity contribution in [1.82, 2.24) is 0 Å². The summed E-state index contributed by atoms with van der Waals surface area (Å²) in [5, 5.41) is 0. The highest BCUT2D eigenvalue weighted by molar-refractivity contribution is 9.10. The molecule has 0 radical (unpaired) electrons. The van der Waals surface area contributed by atoms with E-state index in [9.17, 15) is 4.39 Å². The van der Waals surface area contributed by atoms with Crippen LogP contribution in [0.25, 0.3) is 10.4 Å². The van der Waals surface area contributed by atoms with Crippen molar-refractivity contribution in [2.75, 3.05) is 6.61 Å². The molecule has 0 bridgehead atoms. The van der Waals surface area contributed by atoms with Crippen LogP contribution in [-0.4, -0.2) is 6.61 Å². The summed E-state index contributed by atoms with van der Waals surface area (Å²) in [5.74, 6) is 0.708. The first-order valence-electron chi connectivity index (χ1n) is 7.41. The second kappa shape index (κ2) is 7.28. The number of rotatable bonds is 5. The van der Waals surface area contributed by atoms with Gasteiger partial charge in [-0.2, -0.15) is 0 Å². The van der Waals surface area contributed by atoms with Crippen LogP contribution in [0.1, 0.15) is 17.4 Å². The second-order valence-electron chi connectivity index (χ2n) is 5.14. The summed E-state index contributed by atoms with van der Waals surface area (Å²) in [5.41, 5.74) is 1.83. The Morgan fingerprint density at radius 2 is 1.96 bits per heavy atom. The molecule has 0 amide bonds. The Kier molecular flexibility index (Phi) is 5.13. The van der Waals surface area contributed by atoms with Crippen molar-refractivity contribution in [3.63, 3.8) is 0 Å². The monoisotopic (exact) mass is 390 g/mol. The molecule has 4 heteroatoms. The van der Waals surface area contributed by atoms with Crippen molar-refractivity contribution in [3.8, 4) is 16.2 Å². The Morgan fingerprint density at radius 1 is 1.09 bits per heavy atom. The van der Waals surface area contributed by atoms with Gasteiger partial charge in [0.1, 0.15) is 11.6 Å². The van der Waals surface area contributed by atoms with Gasteiger partial charge >= 0.3 is 0 Å². The van der Waals surface area contributed by atoms with Crippen LogP contribution in [0.5, 0.6) is 5.75 Å². The van der Waals surface area contributed by atoms with Gasteiger partial charge in [-0.25, -0.2) is 4.39 Å². The van der Waals surface area contributed by atoms with Gasteiger partial charge in [0.25, 0.3) is 0 Å². The molecule has 23 heavy (non-hydrogen) atoms. The molecule has 0 aliphatic carbocycles. The highest BCUT2D eigenvalue weighted by atomic mass is 79.9. The summed E-state index contributed by atoms with van der Waals surface area (Å²) >= 11 is 5.08. The first kappa shape index (κ1) is 16.2. The molecule has 118 valence electrons. The van der Waals surface area contributed by atoms with Gasteiger partial charge in [0.15, 0.2) is 0 Å². The fourth-order valence-electron chi connectivity index (χ4n) is 2.40. The van der Waals surface area contributed by atoms with Crippen molar-refractivity contribution in [2.24, 2.45) is 0 Å². The molecule has 0 N–H and O–H groups in total. The van der Waals surface area contributed by atoms with Crippen molar-refractivity contribution in [3.05, 3.63) is 75.3 Å². The first-order valence-corrected chi connectivity index (χ1v) is 9.02. The van der Waals surface area contributed by atoms with Crippen molar-refractivity contribution in [2.45, 2.75) is 13.3 Å². The molecular formula is C19H16BrFOS. The lowest BCUT2D eigenvalue weighted by Gasteiger charge is -2.04.